The minimum atomic E-state index is -5.39. The van der Waals surface area contributed by atoms with Crippen LogP contribution in [0.2, 0.25) is 0 Å². The third kappa shape index (κ3) is 24.6. The second kappa shape index (κ2) is 22.1. The lowest BCUT2D eigenvalue weighted by atomic mass is 10.2. The summed E-state index contributed by atoms with van der Waals surface area (Å²) >= 11 is 0. The van der Waals surface area contributed by atoms with E-state index in [1.54, 1.807) is 0 Å². The van der Waals surface area contributed by atoms with Gasteiger partial charge in [-0.1, -0.05) is 91.0 Å². The summed E-state index contributed by atoms with van der Waals surface area (Å²) in [7, 11) is -5.39. The van der Waals surface area contributed by atoms with Crippen molar-refractivity contribution in [2.75, 3.05) is 19.6 Å². The van der Waals surface area contributed by atoms with E-state index in [-0.39, 0.29) is 0 Å². The summed E-state index contributed by atoms with van der Waals surface area (Å²) in [6.45, 7) is 13.3. The van der Waals surface area contributed by atoms with Crippen molar-refractivity contribution in [3.05, 3.63) is 108 Å². The Kier molecular flexibility index (Phi) is 20.6. The highest BCUT2D eigenvalue weighted by Crippen LogP contribution is 2.03. The van der Waals surface area contributed by atoms with Gasteiger partial charge in [0, 0.05) is 16.7 Å². The Bertz CT molecular complexity index is 767. The van der Waals surface area contributed by atoms with Crippen molar-refractivity contribution in [2.24, 2.45) is 0 Å². The van der Waals surface area contributed by atoms with Crippen LogP contribution in [0, 0.1) is 0 Å². The number of nitrogens with two attached hydrogens (primary N) is 3. The molecule has 0 aliphatic heterocycles. The van der Waals surface area contributed by atoms with Gasteiger partial charge < -0.3 is 35.2 Å². The number of phosphoric acid groups is 1. The molecule has 35 heavy (non-hydrogen) atoms. The molecule has 8 heteroatoms. The normalized spacial score (nSPS) is 10.0. The molecule has 3 aromatic carbocycles. The first-order valence-corrected chi connectivity index (χ1v) is 13.6. The topological polar surface area (TPSA) is 136 Å². The standard InChI is InChI=1S/3C9H13N.H3O4P/c3*1-2-10-8-9-6-4-3-5-7-9;1-5(2,3)4/h3*3-7,10H,2,8H2,1H3;(H3,1,2,3,4). The Labute approximate surface area is 210 Å². The summed E-state index contributed by atoms with van der Waals surface area (Å²) in [6.07, 6.45) is 0. The van der Waals surface area contributed by atoms with Gasteiger partial charge in [0.2, 0.25) is 0 Å². The number of rotatable bonds is 9. The molecule has 3 aromatic rings. The Hall–Kier alpha value is -2.35. The van der Waals surface area contributed by atoms with Gasteiger partial charge in [-0.3, -0.25) is 0 Å². The third-order valence-corrected chi connectivity index (χ3v) is 4.53. The Balaban J connectivity index is 0.000000453. The maximum Gasteiger partial charge on any atom is 0.101 e. The minimum absolute atomic E-state index is 1.11. The predicted molar refractivity (Wildman–Crippen MR) is 135 cm³/mol. The van der Waals surface area contributed by atoms with Crippen molar-refractivity contribution in [1.82, 2.24) is 0 Å². The van der Waals surface area contributed by atoms with Crippen LogP contribution in [-0.4, -0.2) is 19.6 Å². The second-order valence-electron chi connectivity index (χ2n) is 7.61. The van der Waals surface area contributed by atoms with Crippen LogP contribution in [0.1, 0.15) is 37.5 Å². The molecule has 0 saturated heterocycles. The Morgan fingerprint density at radius 1 is 0.514 bits per heavy atom. The zero-order valence-corrected chi connectivity index (χ0v) is 22.1. The van der Waals surface area contributed by atoms with Gasteiger partial charge in [0.25, 0.3) is 0 Å². The average Bonchev–Trinajstić information content (AvgIpc) is 2.87. The van der Waals surface area contributed by atoms with Crippen LogP contribution >= 0.6 is 7.82 Å². The molecule has 0 aromatic heterocycles. The molecular weight excluding hydrogens is 461 g/mol. The van der Waals surface area contributed by atoms with Crippen LogP contribution in [0.25, 0.3) is 0 Å². The van der Waals surface area contributed by atoms with Gasteiger partial charge >= 0.3 is 0 Å². The van der Waals surface area contributed by atoms with Crippen LogP contribution in [-0.2, 0) is 24.2 Å². The van der Waals surface area contributed by atoms with E-state index in [9.17, 15) is 0 Å². The van der Waals surface area contributed by atoms with Crippen LogP contribution in [0.5, 0.6) is 0 Å². The number of quaternary nitrogens is 3. The van der Waals surface area contributed by atoms with Crippen LogP contribution < -0.4 is 30.6 Å². The van der Waals surface area contributed by atoms with Crippen LogP contribution in [0.15, 0.2) is 91.0 Å². The first kappa shape index (κ1) is 32.6. The molecule has 0 spiro atoms. The largest absolute Gasteiger partial charge is 0.822 e. The van der Waals surface area contributed by atoms with Crippen molar-refractivity contribution in [1.29, 1.82) is 0 Å². The lowest BCUT2D eigenvalue weighted by Gasteiger charge is -2.36. The van der Waals surface area contributed by atoms with E-state index in [0.717, 1.165) is 39.3 Å². The van der Waals surface area contributed by atoms with E-state index in [0.29, 0.717) is 0 Å². The predicted octanol–water partition coefficient (Wildman–Crippen LogP) is -0.515. The molecule has 0 aliphatic carbocycles. The number of hydrogen-bond acceptors (Lipinski definition) is 4. The highest BCUT2D eigenvalue weighted by atomic mass is 31.2. The smallest absolute Gasteiger partial charge is 0.101 e. The fraction of sp³-hybridized carbons (Fsp3) is 0.333. The first-order valence-electron chi connectivity index (χ1n) is 12.1. The second-order valence-corrected chi connectivity index (χ2v) is 8.50. The summed E-state index contributed by atoms with van der Waals surface area (Å²) in [4.78, 5) is 25.6. The van der Waals surface area contributed by atoms with E-state index in [2.05, 4.69) is 128 Å². The monoisotopic (exact) mass is 503 g/mol. The fourth-order valence-electron chi connectivity index (χ4n) is 2.78. The molecule has 0 radical (unpaired) electrons. The molecule has 0 aliphatic rings. The van der Waals surface area contributed by atoms with Crippen molar-refractivity contribution in [3.63, 3.8) is 0 Å². The molecule has 0 bridgehead atoms. The van der Waals surface area contributed by atoms with E-state index in [1.165, 1.54) is 16.7 Å². The van der Waals surface area contributed by atoms with Crippen molar-refractivity contribution in [2.45, 2.75) is 40.4 Å². The van der Waals surface area contributed by atoms with Gasteiger partial charge in [0.1, 0.15) is 19.6 Å². The quantitative estimate of drug-likeness (QED) is 0.339. The summed E-state index contributed by atoms with van der Waals surface area (Å²) in [6, 6.07) is 31.6. The zero-order valence-electron chi connectivity index (χ0n) is 21.2. The fourth-order valence-corrected chi connectivity index (χ4v) is 2.78. The molecule has 0 fully saturated rings. The summed E-state index contributed by atoms with van der Waals surface area (Å²) in [5.41, 5.74) is 4.22. The molecule has 0 atom stereocenters. The molecule has 0 amide bonds. The number of hydrogen-bond donors (Lipinski definition) is 3. The molecule has 3 rings (SSSR count). The van der Waals surface area contributed by atoms with Gasteiger partial charge in [-0.2, -0.15) is 7.82 Å². The molecule has 7 nitrogen and oxygen atoms in total. The Morgan fingerprint density at radius 2 is 0.714 bits per heavy atom. The van der Waals surface area contributed by atoms with Crippen LogP contribution in [0.3, 0.4) is 0 Å². The Morgan fingerprint density at radius 3 is 0.886 bits per heavy atom. The van der Waals surface area contributed by atoms with Gasteiger partial charge in [0.05, 0.1) is 19.6 Å². The summed E-state index contributed by atoms with van der Waals surface area (Å²) in [5.74, 6) is 0. The van der Waals surface area contributed by atoms with Crippen molar-refractivity contribution >= 4 is 7.82 Å². The minimum Gasteiger partial charge on any atom is -0.822 e. The molecular formula is C27H42N3O4P. The molecule has 0 heterocycles. The lowest BCUT2D eigenvalue weighted by molar-refractivity contribution is -0.667. The van der Waals surface area contributed by atoms with Gasteiger partial charge in [0.15, 0.2) is 0 Å². The third-order valence-electron chi connectivity index (χ3n) is 4.53. The average molecular weight is 504 g/mol. The maximum absolute atomic E-state index is 8.55. The maximum atomic E-state index is 8.55. The number of benzene rings is 3. The zero-order chi connectivity index (χ0) is 26.2. The lowest BCUT2D eigenvalue weighted by Crippen LogP contribution is -2.81. The molecule has 0 unspecified atom stereocenters. The van der Waals surface area contributed by atoms with E-state index < -0.39 is 7.82 Å². The molecule has 6 N–H and O–H groups in total. The van der Waals surface area contributed by atoms with Crippen molar-refractivity contribution < 1.29 is 35.2 Å². The van der Waals surface area contributed by atoms with Gasteiger partial charge in [-0.05, 0) is 20.8 Å². The molecule has 0 saturated carbocycles. The summed E-state index contributed by atoms with van der Waals surface area (Å²) < 4.78 is 8.55. The van der Waals surface area contributed by atoms with Gasteiger partial charge in [-0.25, -0.2) is 0 Å². The summed E-state index contributed by atoms with van der Waals surface area (Å²) in [5, 5.41) is 6.86. The van der Waals surface area contributed by atoms with Crippen LogP contribution in [0.4, 0.5) is 0 Å². The van der Waals surface area contributed by atoms with E-state index >= 15 is 0 Å². The van der Waals surface area contributed by atoms with Gasteiger partial charge in [-0.15, -0.1) is 0 Å². The first-order chi connectivity index (χ1) is 16.8. The van der Waals surface area contributed by atoms with E-state index in [1.807, 2.05) is 0 Å². The SMILES string of the molecule is CC[NH2+]Cc1ccccc1.CC[NH2+]Cc1ccccc1.CC[NH2+]Cc1ccccc1.O=P([O-])([O-])[O-]. The van der Waals surface area contributed by atoms with Crippen molar-refractivity contribution in [3.8, 4) is 0 Å². The highest BCUT2D eigenvalue weighted by Gasteiger charge is 1.90. The molecule has 194 valence electrons. The highest BCUT2D eigenvalue weighted by molar-refractivity contribution is 7.40. The van der Waals surface area contributed by atoms with E-state index in [4.69, 9.17) is 19.2 Å².